The average molecular weight is 482 g/mol. The molecule has 190 valence electrons. The predicted molar refractivity (Wildman–Crippen MR) is 140 cm³/mol. The third kappa shape index (κ3) is 15.8. The van der Waals surface area contributed by atoms with Crippen molar-refractivity contribution in [3.8, 4) is 0 Å². The Balaban J connectivity index is 0. The van der Waals surface area contributed by atoms with Crippen LogP contribution in [0.3, 0.4) is 0 Å². The molecule has 0 heterocycles. The van der Waals surface area contributed by atoms with E-state index in [0.29, 0.717) is 0 Å². The Morgan fingerprint density at radius 2 is 0.903 bits per heavy atom. The Bertz CT molecular complexity index is 351. The van der Waals surface area contributed by atoms with Crippen LogP contribution in [0.1, 0.15) is 123 Å². The van der Waals surface area contributed by atoms with Gasteiger partial charge in [0.2, 0.25) is 0 Å². The number of hydrogen-bond donors (Lipinski definition) is 0. The lowest BCUT2D eigenvalue weighted by molar-refractivity contribution is 0.0796. The highest BCUT2D eigenvalue weighted by molar-refractivity contribution is 6.62. The molecule has 0 N–H and O–H groups in total. The average Bonchev–Trinajstić information content (AvgIpc) is 2.77. The van der Waals surface area contributed by atoms with Gasteiger partial charge in [0.1, 0.15) is 0 Å². The van der Waals surface area contributed by atoms with Crippen molar-refractivity contribution in [2.75, 3.05) is 34.9 Å². The van der Waals surface area contributed by atoms with Crippen molar-refractivity contribution in [1.82, 2.24) is 4.90 Å². The van der Waals surface area contributed by atoms with Gasteiger partial charge in [0, 0.05) is 21.3 Å². The van der Waals surface area contributed by atoms with Gasteiger partial charge in [-0.15, -0.1) is 12.4 Å². The standard InChI is InChI=1S/C25H55NO3Si.ClH/c1-7-9-10-11-12-13-14-15-16-17-18-19-20-21-22-23-24-26(3)25(8-2)30(27-4,28-5)29-6;/h25H,7-24H2,1-6H3;1H. The van der Waals surface area contributed by atoms with Crippen molar-refractivity contribution in [1.29, 1.82) is 0 Å². The van der Waals surface area contributed by atoms with Gasteiger partial charge in [-0.05, 0) is 26.4 Å². The molecule has 0 bridgehead atoms. The molecular formula is C25H56ClNO3Si. The van der Waals surface area contributed by atoms with Gasteiger partial charge in [0.05, 0.1) is 5.67 Å². The summed E-state index contributed by atoms with van der Waals surface area (Å²) in [7, 11) is 4.72. The molecule has 0 aliphatic carbocycles. The van der Waals surface area contributed by atoms with Crippen molar-refractivity contribution in [3.63, 3.8) is 0 Å². The molecule has 0 aromatic rings. The Kier molecular flexibility index (Phi) is 25.4. The second-order valence-electron chi connectivity index (χ2n) is 8.92. The van der Waals surface area contributed by atoms with E-state index in [2.05, 4.69) is 25.8 Å². The van der Waals surface area contributed by atoms with Crippen LogP contribution >= 0.6 is 12.4 Å². The molecule has 1 unspecified atom stereocenters. The summed E-state index contributed by atoms with van der Waals surface area (Å²) in [6.45, 7) is 5.57. The van der Waals surface area contributed by atoms with Gasteiger partial charge in [-0.2, -0.15) is 0 Å². The van der Waals surface area contributed by atoms with E-state index in [0.717, 1.165) is 13.0 Å². The molecule has 0 rings (SSSR count). The van der Waals surface area contributed by atoms with E-state index in [1.54, 1.807) is 21.3 Å². The van der Waals surface area contributed by atoms with E-state index in [-0.39, 0.29) is 18.1 Å². The summed E-state index contributed by atoms with van der Waals surface area (Å²) < 4.78 is 17.1. The minimum absolute atomic E-state index is 0. The highest BCUT2D eigenvalue weighted by Gasteiger charge is 2.48. The predicted octanol–water partition coefficient (Wildman–Crippen LogP) is 7.80. The maximum atomic E-state index is 5.70. The maximum Gasteiger partial charge on any atom is 0.518 e. The Morgan fingerprint density at radius 3 is 1.19 bits per heavy atom. The van der Waals surface area contributed by atoms with Gasteiger partial charge in [-0.25, -0.2) is 0 Å². The number of halogens is 1. The highest BCUT2D eigenvalue weighted by Crippen LogP contribution is 2.20. The molecule has 6 heteroatoms. The van der Waals surface area contributed by atoms with Crippen LogP contribution in [0, 0.1) is 0 Å². The van der Waals surface area contributed by atoms with Crippen LogP contribution in [0.25, 0.3) is 0 Å². The highest BCUT2D eigenvalue weighted by atomic mass is 35.5. The number of rotatable bonds is 23. The van der Waals surface area contributed by atoms with Gasteiger partial charge in [-0.3, -0.25) is 4.90 Å². The summed E-state index contributed by atoms with van der Waals surface area (Å²) in [4.78, 5) is 2.38. The SMILES string of the molecule is CCCCCCCCCCCCCCCCCCN(C)C(CC)[Si](OC)(OC)OC.Cl. The minimum atomic E-state index is -2.59. The summed E-state index contributed by atoms with van der Waals surface area (Å²) in [5, 5.41) is 0. The molecule has 0 radical (unpaired) electrons. The van der Waals surface area contributed by atoms with E-state index in [1.165, 1.54) is 103 Å². The summed E-state index contributed by atoms with van der Waals surface area (Å²) >= 11 is 0. The van der Waals surface area contributed by atoms with Crippen LogP contribution in [0.4, 0.5) is 0 Å². The molecule has 0 fully saturated rings. The van der Waals surface area contributed by atoms with Crippen molar-refractivity contribution >= 4 is 21.2 Å². The first-order valence-electron chi connectivity index (χ1n) is 13.0. The third-order valence-corrected chi connectivity index (χ3v) is 9.92. The second-order valence-corrected chi connectivity index (χ2v) is 12.0. The Labute approximate surface area is 203 Å². The molecule has 31 heavy (non-hydrogen) atoms. The summed E-state index contributed by atoms with van der Waals surface area (Å²) in [6.07, 6.45) is 23.5. The van der Waals surface area contributed by atoms with Gasteiger partial charge in [0.15, 0.2) is 0 Å². The van der Waals surface area contributed by atoms with Crippen LogP contribution in [-0.4, -0.2) is 54.3 Å². The monoisotopic (exact) mass is 481 g/mol. The van der Waals surface area contributed by atoms with Crippen LogP contribution in [0.15, 0.2) is 0 Å². The van der Waals surface area contributed by atoms with E-state index < -0.39 is 8.80 Å². The first kappa shape index (κ1) is 33.5. The number of hydrogen-bond acceptors (Lipinski definition) is 4. The fraction of sp³-hybridized carbons (Fsp3) is 1.00. The molecule has 0 saturated heterocycles. The molecular weight excluding hydrogens is 426 g/mol. The Morgan fingerprint density at radius 1 is 0.581 bits per heavy atom. The van der Waals surface area contributed by atoms with E-state index in [9.17, 15) is 0 Å². The van der Waals surface area contributed by atoms with Crippen LogP contribution in [0.5, 0.6) is 0 Å². The van der Waals surface area contributed by atoms with Crippen LogP contribution in [-0.2, 0) is 13.3 Å². The number of unbranched alkanes of at least 4 members (excludes halogenated alkanes) is 15. The van der Waals surface area contributed by atoms with Crippen molar-refractivity contribution in [3.05, 3.63) is 0 Å². The lowest BCUT2D eigenvalue weighted by Gasteiger charge is -2.37. The molecule has 0 aliphatic rings. The molecule has 0 amide bonds. The Hall–Kier alpha value is 0.347. The minimum Gasteiger partial charge on any atom is -0.376 e. The molecule has 0 aromatic carbocycles. The second kappa shape index (κ2) is 23.5. The molecule has 0 aliphatic heterocycles. The van der Waals surface area contributed by atoms with Crippen LogP contribution in [0.2, 0.25) is 0 Å². The van der Waals surface area contributed by atoms with Gasteiger partial charge in [-0.1, -0.05) is 110 Å². The van der Waals surface area contributed by atoms with E-state index in [1.807, 2.05) is 0 Å². The first-order valence-corrected chi connectivity index (χ1v) is 14.8. The van der Waals surface area contributed by atoms with Gasteiger partial charge >= 0.3 is 8.80 Å². The summed E-state index contributed by atoms with van der Waals surface area (Å²) in [5.74, 6) is 0. The summed E-state index contributed by atoms with van der Waals surface area (Å²) in [5.41, 5.74) is 0.230. The van der Waals surface area contributed by atoms with E-state index in [4.69, 9.17) is 13.3 Å². The van der Waals surface area contributed by atoms with Gasteiger partial charge < -0.3 is 13.3 Å². The molecule has 0 aromatic heterocycles. The zero-order valence-electron chi connectivity index (χ0n) is 21.9. The lowest BCUT2D eigenvalue weighted by Crippen LogP contribution is -2.60. The molecule has 1 atom stereocenters. The third-order valence-electron chi connectivity index (χ3n) is 6.54. The zero-order chi connectivity index (χ0) is 22.5. The fourth-order valence-corrected chi connectivity index (χ4v) is 7.04. The first-order chi connectivity index (χ1) is 14.6. The maximum absolute atomic E-state index is 5.70. The zero-order valence-corrected chi connectivity index (χ0v) is 23.7. The largest absolute Gasteiger partial charge is 0.518 e. The molecule has 4 nitrogen and oxygen atoms in total. The molecule has 0 saturated carbocycles. The van der Waals surface area contributed by atoms with Gasteiger partial charge in [0.25, 0.3) is 0 Å². The topological polar surface area (TPSA) is 30.9 Å². The normalized spacial score (nSPS) is 12.9. The van der Waals surface area contributed by atoms with Crippen molar-refractivity contribution in [2.24, 2.45) is 0 Å². The summed E-state index contributed by atoms with van der Waals surface area (Å²) in [6, 6.07) is 0. The molecule has 0 spiro atoms. The van der Waals surface area contributed by atoms with Crippen LogP contribution < -0.4 is 0 Å². The van der Waals surface area contributed by atoms with E-state index >= 15 is 0 Å². The van der Waals surface area contributed by atoms with Crippen molar-refractivity contribution < 1.29 is 13.3 Å². The lowest BCUT2D eigenvalue weighted by atomic mass is 10.0. The number of nitrogens with zero attached hydrogens (tertiary/aromatic N) is 1. The quantitative estimate of drug-likeness (QED) is 0.110. The smallest absolute Gasteiger partial charge is 0.376 e. The van der Waals surface area contributed by atoms with Crippen molar-refractivity contribution in [2.45, 2.75) is 129 Å². The fourth-order valence-electron chi connectivity index (χ4n) is 4.55.